The average Bonchev–Trinajstić information content (AvgIpc) is 2.60. The van der Waals surface area contributed by atoms with Crippen molar-refractivity contribution >= 4 is 5.91 Å². The van der Waals surface area contributed by atoms with E-state index in [1.54, 1.807) is 12.1 Å². The molecule has 2 aromatic carbocycles. The minimum absolute atomic E-state index is 0.108. The van der Waals surface area contributed by atoms with E-state index in [4.69, 9.17) is 4.74 Å². The molecule has 0 heterocycles. The number of halogens is 2. The Kier molecular flexibility index (Phi) is 8.00. The summed E-state index contributed by atoms with van der Waals surface area (Å²) >= 11 is 0. The first-order valence-corrected chi connectivity index (χ1v) is 8.61. The quantitative estimate of drug-likeness (QED) is 0.645. The fourth-order valence-electron chi connectivity index (χ4n) is 2.51. The zero-order valence-electron chi connectivity index (χ0n) is 15.5. The second kappa shape index (κ2) is 10.5. The maximum atomic E-state index is 12.1. The number of likely N-dealkylation sites (N-methyl/N-ethyl adjacent to an activating group) is 1. The van der Waals surface area contributed by atoms with Gasteiger partial charge in [-0.25, -0.2) is 0 Å². The number of nitrogens with one attached hydrogen (secondary N) is 1. The van der Waals surface area contributed by atoms with Gasteiger partial charge >= 0.3 is 6.61 Å². The van der Waals surface area contributed by atoms with Crippen molar-refractivity contribution in [3.05, 3.63) is 59.7 Å². The Hall–Kier alpha value is -2.67. The van der Waals surface area contributed by atoms with Crippen molar-refractivity contribution in [2.24, 2.45) is 0 Å². The number of benzene rings is 2. The Morgan fingerprint density at radius 3 is 2.56 bits per heavy atom. The molecular formula is C20H24F2N2O3. The van der Waals surface area contributed by atoms with Crippen LogP contribution < -0.4 is 14.8 Å². The van der Waals surface area contributed by atoms with Crippen LogP contribution in [0, 0.1) is 6.92 Å². The summed E-state index contributed by atoms with van der Waals surface area (Å²) in [4.78, 5) is 13.8. The molecule has 0 atom stereocenters. The normalized spacial score (nSPS) is 10.9. The summed E-state index contributed by atoms with van der Waals surface area (Å²) in [7, 11) is 1.81. The van der Waals surface area contributed by atoms with Gasteiger partial charge in [-0.15, -0.1) is 0 Å². The van der Waals surface area contributed by atoms with Crippen LogP contribution in [0.4, 0.5) is 8.78 Å². The number of alkyl halides is 2. The van der Waals surface area contributed by atoms with Crippen LogP contribution >= 0.6 is 0 Å². The van der Waals surface area contributed by atoms with Gasteiger partial charge < -0.3 is 14.8 Å². The molecule has 0 aromatic heterocycles. The van der Waals surface area contributed by atoms with Gasteiger partial charge in [-0.2, -0.15) is 8.78 Å². The van der Waals surface area contributed by atoms with E-state index >= 15 is 0 Å². The third kappa shape index (κ3) is 8.04. The van der Waals surface area contributed by atoms with E-state index < -0.39 is 6.61 Å². The van der Waals surface area contributed by atoms with Gasteiger partial charge in [-0.1, -0.05) is 24.3 Å². The van der Waals surface area contributed by atoms with Gasteiger partial charge in [0.1, 0.15) is 18.1 Å². The summed E-state index contributed by atoms with van der Waals surface area (Å²) in [5.41, 5.74) is 2.02. The zero-order valence-corrected chi connectivity index (χ0v) is 15.5. The summed E-state index contributed by atoms with van der Waals surface area (Å²) in [6.07, 6.45) is 0. The second-order valence-corrected chi connectivity index (χ2v) is 6.21. The Balaban J connectivity index is 1.66. The molecule has 1 N–H and O–H groups in total. The zero-order chi connectivity index (χ0) is 19.6. The van der Waals surface area contributed by atoms with Gasteiger partial charge in [-0.05, 0) is 49.4 Å². The van der Waals surface area contributed by atoms with Crippen molar-refractivity contribution < 1.29 is 23.0 Å². The number of amides is 1. The summed E-state index contributed by atoms with van der Waals surface area (Å²) in [5, 5.41) is 2.81. The van der Waals surface area contributed by atoms with E-state index in [2.05, 4.69) is 10.1 Å². The molecule has 0 fully saturated rings. The van der Waals surface area contributed by atoms with Gasteiger partial charge in [0.05, 0.1) is 13.1 Å². The molecule has 1 amide bonds. The smallest absolute Gasteiger partial charge is 0.387 e. The van der Waals surface area contributed by atoms with E-state index in [-0.39, 0.29) is 18.2 Å². The fraction of sp³-hybridized carbons (Fsp3) is 0.350. The van der Waals surface area contributed by atoms with Crippen LogP contribution in [0.2, 0.25) is 0 Å². The van der Waals surface area contributed by atoms with Gasteiger partial charge in [0.2, 0.25) is 5.91 Å². The molecular weight excluding hydrogens is 354 g/mol. The van der Waals surface area contributed by atoms with Crippen LogP contribution in [0.3, 0.4) is 0 Å². The van der Waals surface area contributed by atoms with Crippen molar-refractivity contribution in [1.82, 2.24) is 10.2 Å². The van der Waals surface area contributed by atoms with Crippen LogP contribution in [0.15, 0.2) is 48.5 Å². The third-order valence-corrected chi connectivity index (χ3v) is 3.70. The summed E-state index contributed by atoms with van der Waals surface area (Å²) in [5.74, 6) is 0.784. The fourth-order valence-corrected chi connectivity index (χ4v) is 2.51. The summed E-state index contributed by atoms with van der Waals surface area (Å²) < 4.78 is 34.2. The summed E-state index contributed by atoms with van der Waals surface area (Å²) in [6.45, 7) is 0.702. The van der Waals surface area contributed by atoms with Crippen molar-refractivity contribution in [2.45, 2.75) is 20.1 Å². The third-order valence-electron chi connectivity index (χ3n) is 3.70. The molecule has 7 heteroatoms. The predicted octanol–water partition coefficient (Wildman–Crippen LogP) is 3.22. The Labute approximate surface area is 157 Å². The minimum atomic E-state index is -2.84. The van der Waals surface area contributed by atoms with Crippen LogP contribution in [-0.2, 0) is 11.3 Å². The number of ether oxygens (including phenoxy) is 2. The van der Waals surface area contributed by atoms with Gasteiger partial charge in [0, 0.05) is 6.54 Å². The van der Waals surface area contributed by atoms with Crippen LogP contribution in [0.25, 0.3) is 0 Å². The second-order valence-electron chi connectivity index (χ2n) is 6.21. The number of nitrogens with zero attached hydrogens (tertiary/aromatic N) is 1. The van der Waals surface area contributed by atoms with Crippen molar-refractivity contribution in [3.63, 3.8) is 0 Å². The topological polar surface area (TPSA) is 50.8 Å². The maximum Gasteiger partial charge on any atom is 0.387 e. The molecule has 0 spiro atoms. The van der Waals surface area contributed by atoms with Gasteiger partial charge in [-0.3, -0.25) is 9.69 Å². The molecule has 2 rings (SSSR count). The van der Waals surface area contributed by atoms with Crippen LogP contribution in [-0.4, -0.2) is 44.2 Å². The number of rotatable bonds is 10. The van der Waals surface area contributed by atoms with Crippen LogP contribution in [0.1, 0.15) is 11.1 Å². The molecule has 0 saturated heterocycles. The van der Waals surface area contributed by atoms with Gasteiger partial charge in [0.15, 0.2) is 0 Å². The Bertz CT molecular complexity index is 723. The molecule has 0 bridgehead atoms. The molecule has 0 aliphatic rings. The number of hydrogen-bond acceptors (Lipinski definition) is 4. The SMILES string of the molecule is Cc1cccc(OCCNC(=O)CN(C)Cc2ccc(OC(F)F)cc2)c1. The first kappa shape index (κ1) is 20.6. The van der Waals surface area contributed by atoms with Gasteiger partial charge in [0.25, 0.3) is 0 Å². The highest BCUT2D eigenvalue weighted by atomic mass is 19.3. The molecule has 2 aromatic rings. The average molecular weight is 378 g/mol. The van der Waals surface area contributed by atoms with Crippen molar-refractivity contribution in [1.29, 1.82) is 0 Å². The standard InChI is InChI=1S/C20H24F2N2O3/c1-15-4-3-5-18(12-15)26-11-10-23-19(25)14-24(2)13-16-6-8-17(9-7-16)27-20(21)22/h3-9,12,20H,10-11,13-14H2,1-2H3,(H,23,25). The monoisotopic (exact) mass is 378 g/mol. The molecule has 0 unspecified atom stereocenters. The first-order chi connectivity index (χ1) is 12.9. The van der Waals surface area contributed by atoms with E-state index in [9.17, 15) is 13.6 Å². The number of carbonyl (C=O) groups is 1. The Morgan fingerprint density at radius 1 is 1.15 bits per heavy atom. The molecule has 0 aliphatic carbocycles. The Morgan fingerprint density at radius 2 is 1.89 bits per heavy atom. The van der Waals surface area contributed by atoms with Crippen molar-refractivity contribution in [3.8, 4) is 11.5 Å². The number of hydrogen-bond donors (Lipinski definition) is 1. The minimum Gasteiger partial charge on any atom is -0.492 e. The molecule has 146 valence electrons. The molecule has 0 radical (unpaired) electrons. The maximum absolute atomic E-state index is 12.1. The molecule has 5 nitrogen and oxygen atoms in total. The van der Waals surface area contributed by atoms with E-state index in [1.165, 1.54) is 12.1 Å². The lowest BCUT2D eigenvalue weighted by Crippen LogP contribution is -2.36. The van der Waals surface area contributed by atoms with Crippen molar-refractivity contribution in [2.75, 3.05) is 26.7 Å². The lowest BCUT2D eigenvalue weighted by Gasteiger charge is -2.17. The first-order valence-electron chi connectivity index (χ1n) is 8.61. The number of carbonyl (C=O) groups excluding carboxylic acids is 1. The highest BCUT2D eigenvalue weighted by molar-refractivity contribution is 5.77. The van der Waals surface area contributed by atoms with E-state index in [0.29, 0.717) is 19.7 Å². The lowest BCUT2D eigenvalue weighted by molar-refractivity contribution is -0.122. The predicted molar refractivity (Wildman–Crippen MR) is 99.1 cm³/mol. The summed E-state index contributed by atoms with van der Waals surface area (Å²) in [6, 6.07) is 14.1. The largest absolute Gasteiger partial charge is 0.492 e. The van der Waals surface area contributed by atoms with E-state index in [0.717, 1.165) is 16.9 Å². The highest BCUT2D eigenvalue weighted by Crippen LogP contribution is 2.15. The van der Waals surface area contributed by atoms with E-state index in [1.807, 2.05) is 43.1 Å². The highest BCUT2D eigenvalue weighted by Gasteiger charge is 2.08. The molecule has 27 heavy (non-hydrogen) atoms. The number of aryl methyl sites for hydroxylation is 1. The molecule has 0 saturated carbocycles. The molecule has 0 aliphatic heterocycles. The van der Waals surface area contributed by atoms with Crippen LogP contribution in [0.5, 0.6) is 11.5 Å². The lowest BCUT2D eigenvalue weighted by atomic mass is 10.2.